The van der Waals surface area contributed by atoms with Gasteiger partial charge in [0.05, 0.1) is 21.3 Å². The molecule has 0 saturated carbocycles. The summed E-state index contributed by atoms with van der Waals surface area (Å²) >= 11 is 0. The van der Waals surface area contributed by atoms with Crippen molar-refractivity contribution in [3.63, 3.8) is 0 Å². The molecule has 0 N–H and O–H groups in total. The maximum Gasteiger partial charge on any atom is 0.203 e. The van der Waals surface area contributed by atoms with E-state index in [0.29, 0.717) is 17.2 Å². The first-order valence-electron chi connectivity index (χ1n) is 7.35. The number of rotatable bonds is 6. The number of hydrogen-bond acceptors (Lipinski definition) is 4. The van der Waals surface area contributed by atoms with Crippen LogP contribution in [0.25, 0.3) is 12.2 Å². The van der Waals surface area contributed by atoms with E-state index in [2.05, 4.69) is 29.2 Å². The molecule has 0 radical (unpaired) electrons. The minimum absolute atomic E-state index is 0.597. The molecule has 0 saturated heterocycles. The van der Waals surface area contributed by atoms with E-state index in [9.17, 15) is 0 Å². The first-order chi connectivity index (χ1) is 11.1. The van der Waals surface area contributed by atoms with Crippen molar-refractivity contribution in [1.82, 2.24) is 0 Å². The summed E-state index contributed by atoms with van der Waals surface area (Å²) in [6, 6.07) is 12.2. The third-order valence-electron chi connectivity index (χ3n) is 3.60. The van der Waals surface area contributed by atoms with Gasteiger partial charge >= 0.3 is 0 Å². The van der Waals surface area contributed by atoms with Gasteiger partial charge in [-0.25, -0.2) is 0 Å². The molecule has 0 heterocycles. The third-order valence-corrected chi connectivity index (χ3v) is 3.60. The lowest BCUT2D eigenvalue weighted by molar-refractivity contribution is 0.324. The van der Waals surface area contributed by atoms with Crippen LogP contribution in [0, 0.1) is 0 Å². The first-order valence-corrected chi connectivity index (χ1v) is 7.35. The molecule has 0 atom stereocenters. The molecular formula is C19H23NO3. The van der Waals surface area contributed by atoms with E-state index in [1.54, 1.807) is 21.3 Å². The van der Waals surface area contributed by atoms with Crippen molar-refractivity contribution < 1.29 is 14.2 Å². The number of nitrogens with zero attached hydrogens (tertiary/aromatic N) is 1. The number of benzene rings is 2. The number of anilines is 1. The van der Waals surface area contributed by atoms with Gasteiger partial charge < -0.3 is 19.1 Å². The molecule has 0 aromatic heterocycles. The van der Waals surface area contributed by atoms with Crippen molar-refractivity contribution in [2.75, 3.05) is 40.3 Å². The van der Waals surface area contributed by atoms with E-state index in [0.717, 1.165) is 11.1 Å². The summed E-state index contributed by atoms with van der Waals surface area (Å²) in [5.74, 6) is 1.91. The van der Waals surface area contributed by atoms with Crippen LogP contribution >= 0.6 is 0 Å². The lowest BCUT2D eigenvalue weighted by Crippen LogP contribution is -2.07. The number of methoxy groups -OCH3 is 3. The fourth-order valence-electron chi connectivity index (χ4n) is 2.33. The second kappa shape index (κ2) is 7.58. The zero-order valence-corrected chi connectivity index (χ0v) is 14.3. The van der Waals surface area contributed by atoms with Crippen molar-refractivity contribution in [3.05, 3.63) is 47.5 Å². The molecule has 0 aliphatic carbocycles. The van der Waals surface area contributed by atoms with Crippen molar-refractivity contribution in [1.29, 1.82) is 0 Å². The van der Waals surface area contributed by atoms with E-state index in [1.807, 2.05) is 38.4 Å². The molecule has 0 aliphatic rings. The molecule has 4 heteroatoms. The third kappa shape index (κ3) is 3.77. The number of ether oxygens (including phenoxy) is 3. The van der Waals surface area contributed by atoms with Crippen LogP contribution in [0.5, 0.6) is 17.2 Å². The largest absolute Gasteiger partial charge is 0.493 e. The Balaban J connectivity index is 2.31. The van der Waals surface area contributed by atoms with Gasteiger partial charge in [-0.1, -0.05) is 24.3 Å². The van der Waals surface area contributed by atoms with Crippen LogP contribution in [0.1, 0.15) is 11.1 Å². The van der Waals surface area contributed by atoms with Crippen LogP contribution in [-0.4, -0.2) is 35.4 Å². The van der Waals surface area contributed by atoms with Gasteiger partial charge in [0.25, 0.3) is 0 Å². The molecule has 0 spiro atoms. The summed E-state index contributed by atoms with van der Waals surface area (Å²) in [7, 11) is 8.89. The van der Waals surface area contributed by atoms with E-state index < -0.39 is 0 Å². The van der Waals surface area contributed by atoms with Gasteiger partial charge in [-0.05, 0) is 29.8 Å². The van der Waals surface area contributed by atoms with Crippen LogP contribution in [-0.2, 0) is 0 Å². The van der Waals surface area contributed by atoms with Gasteiger partial charge in [-0.15, -0.1) is 0 Å². The lowest BCUT2D eigenvalue weighted by atomic mass is 10.1. The van der Waals surface area contributed by atoms with Crippen LogP contribution in [0.15, 0.2) is 36.4 Å². The monoisotopic (exact) mass is 313 g/mol. The summed E-state index contributed by atoms with van der Waals surface area (Å²) in [6.45, 7) is 0. The van der Waals surface area contributed by atoms with E-state index in [4.69, 9.17) is 14.2 Å². The Kier molecular flexibility index (Phi) is 5.52. The normalized spacial score (nSPS) is 10.7. The lowest BCUT2D eigenvalue weighted by Gasteiger charge is -2.14. The fourth-order valence-corrected chi connectivity index (χ4v) is 2.33. The number of hydrogen-bond donors (Lipinski definition) is 0. The molecule has 23 heavy (non-hydrogen) atoms. The van der Waals surface area contributed by atoms with Crippen molar-refractivity contribution in [2.24, 2.45) is 0 Å². The Morgan fingerprint density at radius 2 is 1.39 bits per heavy atom. The summed E-state index contributed by atoms with van der Waals surface area (Å²) in [5.41, 5.74) is 3.22. The minimum Gasteiger partial charge on any atom is -0.493 e. The molecule has 122 valence electrons. The molecule has 2 aromatic rings. The predicted octanol–water partition coefficient (Wildman–Crippen LogP) is 3.95. The quantitative estimate of drug-likeness (QED) is 0.756. The van der Waals surface area contributed by atoms with Crippen molar-refractivity contribution >= 4 is 17.8 Å². The molecular weight excluding hydrogens is 290 g/mol. The van der Waals surface area contributed by atoms with Gasteiger partial charge in [0.1, 0.15) is 0 Å². The molecule has 0 amide bonds. The van der Waals surface area contributed by atoms with Crippen LogP contribution in [0.4, 0.5) is 5.69 Å². The maximum absolute atomic E-state index is 5.49. The minimum atomic E-state index is 0.597. The maximum atomic E-state index is 5.49. The van der Waals surface area contributed by atoms with Crippen LogP contribution in [0.2, 0.25) is 0 Å². The highest BCUT2D eigenvalue weighted by Crippen LogP contribution is 2.40. The smallest absolute Gasteiger partial charge is 0.203 e. The van der Waals surface area contributed by atoms with E-state index >= 15 is 0 Å². The Hall–Kier alpha value is -2.62. The van der Waals surface area contributed by atoms with Gasteiger partial charge in [-0.3, -0.25) is 0 Å². The van der Waals surface area contributed by atoms with E-state index in [1.165, 1.54) is 5.69 Å². The Bertz CT molecular complexity index is 676. The topological polar surface area (TPSA) is 30.9 Å². The molecule has 4 nitrogen and oxygen atoms in total. The standard InChI is InChI=1S/C19H23NO3/c1-20(2)16-11-7-14(8-12-16)6-9-15-10-13-17(21-3)19(23-5)18(15)22-4/h6-13H,1-5H3. The zero-order chi connectivity index (χ0) is 16.8. The van der Waals surface area contributed by atoms with Gasteiger partial charge in [0.15, 0.2) is 11.5 Å². The van der Waals surface area contributed by atoms with Crippen LogP contribution in [0.3, 0.4) is 0 Å². The van der Waals surface area contributed by atoms with Gasteiger partial charge in [-0.2, -0.15) is 0 Å². The zero-order valence-electron chi connectivity index (χ0n) is 14.3. The predicted molar refractivity (Wildman–Crippen MR) is 95.8 cm³/mol. The second-order valence-corrected chi connectivity index (χ2v) is 5.24. The summed E-state index contributed by atoms with van der Waals surface area (Å²) in [4.78, 5) is 2.07. The molecule has 0 unspecified atom stereocenters. The summed E-state index contributed by atoms with van der Waals surface area (Å²) in [6.07, 6.45) is 4.05. The highest BCUT2D eigenvalue weighted by atomic mass is 16.5. The average molecular weight is 313 g/mol. The molecule has 0 bridgehead atoms. The first kappa shape index (κ1) is 16.7. The summed E-state index contributed by atoms with van der Waals surface area (Å²) in [5, 5.41) is 0. The molecule has 0 fully saturated rings. The van der Waals surface area contributed by atoms with Gasteiger partial charge in [0.2, 0.25) is 5.75 Å². The Morgan fingerprint density at radius 1 is 0.739 bits per heavy atom. The SMILES string of the molecule is COc1ccc(C=Cc2ccc(N(C)C)cc2)c(OC)c1OC. The highest BCUT2D eigenvalue weighted by molar-refractivity contribution is 5.76. The Labute approximate surface area is 137 Å². The summed E-state index contributed by atoms with van der Waals surface area (Å²) < 4.78 is 16.2. The van der Waals surface area contributed by atoms with Gasteiger partial charge in [0, 0.05) is 25.3 Å². The molecule has 2 aromatic carbocycles. The second-order valence-electron chi connectivity index (χ2n) is 5.24. The van der Waals surface area contributed by atoms with E-state index in [-0.39, 0.29) is 0 Å². The van der Waals surface area contributed by atoms with Crippen molar-refractivity contribution in [2.45, 2.75) is 0 Å². The average Bonchev–Trinajstić information content (AvgIpc) is 2.59. The van der Waals surface area contributed by atoms with Crippen molar-refractivity contribution in [3.8, 4) is 17.2 Å². The highest BCUT2D eigenvalue weighted by Gasteiger charge is 2.13. The Morgan fingerprint density at radius 3 is 1.91 bits per heavy atom. The molecule has 2 rings (SSSR count). The van der Waals surface area contributed by atoms with Crippen LogP contribution < -0.4 is 19.1 Å². The molecule has 0 aliphatic heterocycles. The fraction of sp³-hybridized carbons (Fsp3) is 0.263.